The number of halogens is 1. The first kappa shape index (κ1) is 25.9. The number of carbonyl (C=O) groups excluding carboxylic acids is 1. The van der Waals surface area contributed by atoms with E-state index in [9.17, 15) is 14.0 Å². The van der Waals surface area contributed by atoms with Crippen LogP contribution >= 0.6 is 0 Å². The van der Waals surface area contributed by atoms with E-state index in [1.807, 2.05) is 13.0 Å². The minimum atomic E-state index is -1.01. The van der Waals surface area contributed by atoms with Crippen molar-refractivity contribution in [3.8, 4) is 0 Å². The van der Waals surface area contributed by atoms with Crippen molar-refractivity contribution in [3.63, 3.8) is 0 Å². The molecule has 10 nitrogen and oxygen atoms in total. The summed E-state index contributed by atoms with van der Waals surface area (Å²) in [7, 11) is 0. The average molecular weight is 525 g/mol. The molecule has 0 bridgehead atoms. The van der Waals surface area contributed by atoms with Gasteiger partial charge in [-0.3, -0.25) is 14.2 Å². The molecule has 2 heterocycles. The molecule has 5 rings (SSSR count). The molecule has 0 saturated heterocycles. The van der Waals surface area contributed by atoms with Crippen LogP contribution in [-0.2, 0) is 14.3 Å². The summed E-state index contributed by atoms with van der Waals surface area (Å²) in [5.74, 6) is -0.727. The van der Waals surface area contributed by atoms with Gasteiger partial charge in [-0.05, 0) is 57.1 Å². The highest BCUT2D eigenvalue weighted by Gasteiger charge is 2.27. The lowest BCUT2D eigenvalue weighted by atomic mass is 9.93. The molecule has 202 valence electrons. The first-order valence-corrected chi connectivity index (χ1v) is 13.3. The van der Waals surface area contributed by atoms with Gasteiger partial charge in [-0.2, -0.15) is 4.98 Å². The summed E-state index contributed by atoms with van der Waals surface area (Å²) in [6, 6.07) is 5.34. The number of fused-ring (bicyclic) bond motifs is 1. The van der Waals surface area contributed by atoms with E-state index in [1.54, 1.807) is 12.3 Å². The van der Waals surface area contributed by atoms with E-state index in [0.29, 0.717) is 41.6 Å². The molecular weight excluding hydrogens is 491 g/mol. The monoisotopic (exact) mass is 524 g/mol. The van der Waals surface area contributed by atoms with E-state index in [1.165, 1.54) is 6.07 Å². The van der Waals surface area contributed by atoms with Gasteiger partial charge in [0.2, 0.25) is 11.9 Å². The molecule has 2 aliphatic carbocycles. The Hall–Kier alpha value is -3.76. The number of hydrogen-bond acceptors (Lipinski definition) is 8. The third-order valence-electron chi connectivity index (χ3n) is 7.43. The van der Waals surface area contributed by atoms with E-state index in [2.05, 4.69) is 20.2 Å². The summed E-state index contributed by atoms with van der Waals surface area (Å²) in [6.07, 6.45) is 8.39. The van der Waals surface area contributed by atoms with Crippen molar-refractivity contribution < 1.29 is 23.8 Å². The number of aliphatic carboxylic acids is 1. The fraction of sp³-hybridized carbons (Fsp3) is 0.519. The molecule has 2 aromatic heterocycles. The van der Waals surface area contributed by atoms with Crippen molar-refractivity contribution in [2.75, 3.05) is 10.6 Å². The molecular formula is C27H33FN6O4. The highest BCUT2D eigenvalue weighted by molar-refractivity contribution is 5.77. The zero-order valence-corrected chi connectivity index (χ0v) is 21.5. The van der Waals surface area contributed by atoms with Crippen molar-refractivity contribution in [1.29, 1.82) is 0 Å². The minimum Gasteiger partial charge on any atom is -0.481 e. The first-order valence-electron chi connectivity index (χ1n) is 13.3. The number of nitrogens with zero attached hydrogens (tertiary/aromatic N) is 4. The van der Waals surface area contributed by atoms with E-state index < -0.39 is 11.9 Å². The first-order chi connectivity index (χ1) is 18.4. The highest BCUT2D eigenvalue weighted by Crippen LogP contribution is 2.36. The lowest BCUT2D eigenvalue weighted by Crippen LogP contribution is -2.31. The van der Waals surface area contributed by atoms with E-state index >= 15 is 0 Å². The number of aromatic nitrogens is 4. The fourth-order valence-electron chi connectivity index (χ4n) is 5.42. The minimum absolute atomic E-state index is 0.108. The molecule has 2 fully saturated rings. The van der Waals surface area contributed by atoms with Gasteiger partial charge in [-0.15, -0.1) is 0 Å². The molecule has 0 spiro atoms. The largest absolute Gasteiger partial charge is 0.481 e. The van der Waals surface area contributed by atoms with Crippen LogP contribution in [-0.4, -0.2) is 48.7 Å². The van der Waals surface area contributed by atoms with Crippen molar-refractivity contribution in [2.45, 2.75) is 89.3 Å². The molecule has 0 amide bonds. The number of imidazole rings is 1. The zero-order valence-electron chi connectivity index (χ0n) is 21.5. The number of hydrogen-bond donors (Lipinski definition) is 3. The third kappa shape index (κ3) is 5.87. The van der Waals surface area contributed by atoms with Gasteiger partial charge in [0.05, 0.1) is 24.7 Å². The Morgan fingerprint density at radius 1 is 1.11 bits per heavy atom. The summed E-state index contributed by atoms with van der Waals surface area (Å²) in [5.41, 5.74) is 2.57. The molecule has 2 aliphatic rings. The Labute approximate surface area is 220 Å². The van der Waals surface area contributed by atoms with Gasteiger partial charge in [0.1, 0.15) is 17.4 Å². The molecule has 3 N–H and O–H groups in total. The van der Waals surface area contributed by atoms with Gasteiger partial charge < -0.3 is 20.5 Å². The van der Waals surface area contributed by atoms with Crippen LogP contribution in [0.4, 0.5) is 22.0 Å². The van der Waals surface area contributed by atoms with Crippen LogP contribution in [0.1, 0.15) is 75.8 Å². The van der Waals surface area contributed by atoms with Crippen LogP contribution in [0.3, 0.4) is 0 Å². The number of esters is 1. The second-order valence-corrected chi connectivity index (χ2v) is 10.2. The summed E-state index contributed by atoms with van der Waals surface area (Å²) in [4.78, 5) is 36.6. The summed E-state index contributed by atoms with van der Waals surface area (Å²) >= 11 is 0. The van der Waals surface area contributed by atoms with Gasteiger partial charge in [-0.25, -0.2) is 14.4 Å². The van der Waals surface area contributed by atoms with Crippen LogP contribution in [0.15, 0.2) is 24.4 Å². The van der Waals surface area contributed by atoms with Crippen molar-refractivity contribution in [2.24, 2.45) is 0 Å². The van der Waals surface area contributed by atoms with Crippen molar-refractivity contribution in [3.05, 3.63) is 35.8 Å². The Balaban J connectivity index is 1.30. The van der Waals surface area contributed by atoms with Crippen molar-refractivity contribution in [1.82, 2.24) is 19.5 Å². The molecule has 38 heavy (non-hydrogen) atoms. The molecule has 11 heteroatoms. The number of benzene rings is 1. The smallest absolute Gasteiger partial charge is 0.306 e. The maximum atomic E-state index is 14.6. The van der Waals surface area contributed by atoms with Gasteiger partial charge in [0.25, 0.3) is 0 Å². The molecule has 3 aromatic rings. The van der Waals surface area contributed by atoms with Gasteiger partial charge in [-0.1, -0.05) is 25.0 Å². The van der Waals surface area contributed by atoms with E-state index in [4.69, 9.17) is 19.8 Å². The second kappa shape index (κ2) is 11.3. The van der Waals surface area contributed by atoms with E-state index in [-0.39, 0.29) is 36.8 Å². The van der Waals surface area contributed by atoms with Crippen LogP contribution in [0.2, 0.25) is 0 Å². The molecule has 1 aromatic carbocycles. The number of ether oxygens (including phenoxy) is 1. The molecule has 0 unspecified atom stereocenters. The number of aryl methyl sites for hydroxylation is 1. The normalized spacial score (nSPS) is 19.9. The Morgan fingerprint density at radius 2 is 1.87 bits per heavy atom. The van der Waals surface area contributed by atoms with Crippen LogP contribution in [0.25, 0.3) is 11.2 Å². The predicted molar refractivity (Wildman–Crippen MR) is 140 cm³/mol. The second-order valence-electron chi connectivity index (χ2n) is 10.2. The van der Waals surface area contributed by atoms with Crippen LogP contribution in [0.5, 0.6) is 0 Å². The van der Waals surface area contributed by atoms with Crippen LogP contribution in [0, 0.1) is 12.7 Å². The molecule has 0 aliphatic heterocycles. The topological polar surface area (TPSA) is 131 Å². The predicted octanol–water partition coefficient (Wildman–Crippen LogP) is 5.26. The summed E-state index contributed by atoms with van der Waals surface area (Å²) in [5, 5.41) is 15.4. The lowest BCUT2D eigenvalue weighted by Gasteiger charge is -2.28. The zero-order chi connectivity index (χ0) is 26.6. The number of carboxylic acid groups (broad SMARTS) is 1. The fourth-order valence-corrected chi connectivity index (χ4v) is 5.42. The lowest BCUT2D eigenvalue weighted by molar-refractivity contribution is -0.153. The molecule has 0 radical (unpaired) electrons. The number of para-hydroxylation sites is 1. The maximum Gasteiger partial charge on any atom is 0.306 e. The Bertz CT molecular complexity index is 1290. The van der Waals surface area contributed by atoms with Crippen molar-refractivity contribution >= 4 is 40.7 Å². The molecule has 2 saturated carbocycles. The SMILES string of the molecule is Cc1cccc(F)c1Nc1nc2cnc(N[C@H]3CC[C@H](OC(=O)CCC(=O)O)CC3)nc2n1C1CCCC1. The summed E-state index contributed by atoms with van der Waals surface area (Å²) in [6.45, 7) is 1.86. The number of carbonyl (C=O) groups is 2. The Morgan fingerprint density at radius 3 is 2.58 bits per heavy atom. The van der Waals surface area contributed by atoms with E-state index in [0.717, 1.165) is 44.1 Å². The number of rotatable bonds is 9. The van der Waals surface area contributed by atoms with Gasteiger partial charge in [0.15, 0.2) is 5.65 Å². The van der Waals surface area contributed by atoms with Gasteiger partial charge in [0, 0.05) is 12.1 Å². The molecule has 0 atom stereocenters. The average Bonchev–Trinajstić information content (AvgIpc) is 3.53. The standard InChI is InChI=1S/C27H33FN6O4/c1-16-5-4-8-20(28)24(16)32-27-31-21-15-29-26(33-25(21)34(27)18-6-2-3-7-18)30-17-9-11-19(12-10-17)38-23(37)14-13-22(35)36/h4-5,8,15,17-19H,2-3,6-7,9-14H2,1H3,(H,31,32)(H,35,36)(H,29,30,33)/t17-,19-. The highest BCUT2D eigenvalue weighted by atomic mass is 19.1. The summed E-state index contributed by atoms with van der Waals surface area (Å²) < 4.78 is 22.1. The maximum absolute atomic E-state index is 14.6. The Kier molecular flexibility index (Phi) is 7.71. The number of nitrogens with one attached hydrogen (secondary N) is 2. The third-order valence-corrected chi connectivity index (χ3v) is 7.43. The van der Waals surface area contributed by atoms with Gasteiger partial charge >= 0.3 is 11.9 Å². The quantitative estimate of drug-likeness (QED) is 0.321. The number of anilines is 3. The number of carboxylic acids is 1. The van der Waals surface area contributed by atoms with Crippen LogP contribution < -0.4 is 10.6 Å².